The number of amides is 1. The van der Waals surface area contributed by atoms with Crippen molar-refractivity contribution in [1.29, 1.82) is 0 Å². The number of fused-ring (bicyclic) bond motifs is 1. The van der Waals surface area contributed by atoms with E-state index in [1.54, 1.807) is 6.07 Å². The van der Waals surface area contributed by atoms with Crippen molar-refractivity contribution >= 4 is 62.2 Å². The molecule has 1 atom stereocenters. The van der Waals surface area contributed by atoms with Gasteiger partial charge in [0.15, 0.2) is 5.58 Å². The van der Waals surface area contributed by atoms with Crippen LogP contribution in [0.25, 0.3) is 11.1 Å². The number of halogens is 2. The molecule has 1 amide bonds. The molecular weight excluding hydrogens is 518 g/mol. The first-order valence-electron chi connectivity index (χ1n) is 10.5. The fraction of sp³-hybridized carbons (Fsp3) is 0.0800. The molecule has 9 heteroatoms. The summed E-state index contributed by atoms with van der Waals surface area (Å²) >= 11 is 9.95. The van der Waals surface area contributed by atoms with E-state index in [4.69, 9.17) is 21.0 Å². The molecule has 0 saturated heterocycles. The highest BCUT2D eigenvalue weighted by Crippen LogP contribution is 2.35. The molecule has 4 aromatic rings. The summed E-state index contributed by atoms with van der Waals surface area (Å²) in [6.45, 7) is 1.82. The number of nitrogens with one attached hydrogen (secondary N) is 3. The molecule has 0 spiro atoms. The average molecular weight is 537 g/mol. The van der Waals surface area contributed by atoms with E-state index in [0.717, 1.165) is 9.99 Å². The number of oxazole rings is 1. The zero-order valence-corrected chi connectivity index (χ0v) is 20.3. The fourth-order valence-electron chi connectivity index (χ4n) is 3.75. The molecule has 2 heterocycles. The van der Waals surface area contributed by atoms with Crippen LogP contribution < -0.4 is 16.0 Å². The number of aliphatic imine (C=N–C) groups is 1. The Morgan fingerprint density at radius 1 is 1.09 bits per heavy atom. The van der Waals surface area contributed by atoms with E-state index < -0.39 is 6.04 Å². The molecule has 0 saturated carbocycles. The third-order valence-corrected chi connectivity index (χ3v) is 6.13. The lowest BCUT2D eigenvalue weighted by Crippen LogP contribution is -2.37. The number of hydrogen-bond acceptors (Lipinski definition) is 6. The van der Waals surface area contributed by atoms with Crippen molar-refractivity contribution in [1.82, 2.24) is 10.3 Å². The third-order valence-electron chi connectivity index (χ3n) is 5.29. The van der Waals surface area contributed by atoms with Gasteiger partial charge in [0, 0.05) is 26.4 Å². The number of carbonyl (C=O) groups excluding carboxylic acids is 1. The van der Waals surface area contributed by atoms with Crippen molar-refractivity contribution in [3.05, 3.63) is 99.1 Å². The second kappa shape index (κ2) is 9.32. The molecule has 170 valence electrons. The van der Waals surface area contributed by atoms with Gasteiger partial charge >= 0.3 is 6.01 Å². The van der Waals surface area contributed by atoms with Crippen LogP contribution in [-0.4, -0.2) is 16.9 Å². The number of anilines is 2. The van der Waals surface area contributed by atoms with Gasteiger partial charge in [-0.15, -0.1) is 0 Å². The minimum absolute atomic E-state index is 0.280. The van der Waals surface area contributed by atoms with Crippen LogP contribution in [0.2, 0.25) is 5.02 Å². The second-order valence-corrected chi connectivity index (χ2v) is 8.96. The number of aromatic nitrogens is 1. The van der Waals surface area contributed by atoms with E-state index in [1.807, 2.05) is 73.7 Å². The molecule has 1 aromatic heterocycles. The summed E-state index contributed by atoms with van der Waals surface area (Å²) < 4.78 is 6.63. The van der Waals surface area contributed by atoms with Crippen LogP contribution in [0.4, 0.5) is 11.7 Å². The van der Waals surface area contributed by atoms with E-state index in [0.29, 0.717) is 45.1 Å². The summed E-state index contributed by atoms with van der Waals surface area (Å²) in [5, 5.41) is 9.71. The summed E-state index contributed by atoms with van der Waals surface area (Å²) in [7, 11) is 0. The molecule has 0 radical (unpaired) electrons. The van der Waals surface area contributed by atoms with Crippen LogP contribution >= 0.6 is 27.5 Å². The molecule has 0 fully saturated rings. The van der Waals surface area contributed by atoms with Crippen molar-refractivity contribution in [3.8, 4) is 0 Å². The lowest BCUT2D eigenvalue weighted by molar-refractivity contribution is -0.113. The molecule has 5 rings (SSSR count). The summed E-state index contributed by atoms with van der Waals surface area (Å²) in [6, 6.07) is 21.9. The molecule has 34 heavy (non-hydrogen) atoms. The first-order chi connectivity index (χ1) is 16.5. The Morgan fingerprint density at radius 3 is 2.68 bits per heavy atom. The van der Waals surface area contributed by atoms with Gasteiger partial charge in [0.1, 0.15) is 11.6 Å². The fourth-order valence-corrected chi connectivity index (χ4v) is 4.39. The van der Waals surface area contributed by atoms with Crippen LogP contribution in [0.15, 0.2) is 97.9 Å². The molecule has 0 bridgehead atoms. The van der Waals surface area contributed by atoms with Crippen LogP contribution in [0.3, 0.4) is 0 Å². The number of carbonyl (C=O) groups is 1. The van der Waals surface area contributed by atoms with Crippen molar-refractivity contribution < 1.29 is 9.21 Å². The quantitative estimate of drug-likeness (QED) is 0.286. The van der Waals surface area contributed by atoms with Gasteiger partial charge in [0.2, 0.25) is 5.96 Å². The molecular formula is C25H19BrClN5O2. The van der Waals surface area contributed by atoms with Gasteiger partial charge in [-0.25, -0.2) is 4.99 Å². The highest BCUT2D eigenvalue weighted by Gasteiger charge is 2.31. The van der Waals surface area contributed by atoms with Gasteiger partial charge < -0.3 is 15.1 Å². The number of allylic oxidation sites excluding steroid dienone is 1. The lowest BCUT2D eigenvalue weighted by atomic mass is 9.95. The highest BCUT2D eigenvalue weighted by atomic mass is 79.9. The van der Waals surface area contributed by atoms with Gasteiger partial charge in [0.05, 0.1) is 5.57 Å². The van der Waals surface area contributed by atoms with Crippen molar-refractivity contribution in [3.63, 3.8) is 0 Å². The van der Waals surface area contributed by atoms with Crippen molar-refractivity contribution in [2.75, 3.05) is 10.6 Å². The zero-order chi connectivity index (χ0) is 23.7. The maximum Gasteiger partial charge on any atom is 0.302 e. The van der Waals surface area contributed by atoms with Gasteiger partial charge in [-0.05, 0) is 43.3 Å². The molecule has 3 N–H and O–H groups in total. The number of benzene rings is 3. The Bertz CT molecular complexity index is 1430. The smallest absolute Gasteiger partial charge is 0.302 e. The zero-order valence-electron chi connectivity index (χ0n) is 18.0. The lowest BCUT2D eigenvalue weighted by Gasteiger charge is -2.27. The normalized spacial score (nSPS) is 15.6. The first kappa shape index (κ1) is 22.2. The summed E-state index contributed by atoms with van der Waals surface area (Å²) in [4.78, 5) is 22.6. The van der Waals surface area contributed by atoms with E-state index in [-0.39, 0.29) is 5.91 Å². The number of guanidine groups is 1. The molecule has 1 unspecified atom stereocenters. The molecule has 1 aliphatic rings. The minimum Gasteiger partial charge on any atom is -0.423 e. The number of hydrogen-bond donors (Lipinski definition) is 3. The largest absolute Gasteiger partial charge is 0.423 e. The maximum absolute atomic E-state index is 13.4. The Morgan fingerprint density at radius 2 is 1.88 bits per heavy atom. The highest BCUT2D eigenvalue weighted by molar-refractivity contribution is 9.10. The third kappa shape index (κ3) is 4.55. The predicted molar refractivity (Wildman–Crippen MR) is 138 cm³/mol. The van der Waals surface area contributed by atoms with Crippen LogP contribution in [0.5, 0.6) is 0 Å². The molecule has 1 aliphatic heterocycles. The number of rotatable bonds is 4. The topological polar surface area (TPSA) is 91.5 Å². The van der Waals surface area contributed by atoms with E-state index in [2.05, 4.69) is 36.9 Å². The summed E-state index contributed by atoms with van der Waals surface area (Å²) in [5.41, 5.74) is 3.84. The van der Waals surface area contributed by atoms with Gasteiger partial charge in [-0.3, -0.25) is 10.1 Å². The Balaban J connectivity index is 1.49. The maximum atomic E-state index is 13.4. The predicted octanol–water partition coefficient (Wildman–Crippen LogP) is 6.27. The number of para-hydroxylation sites is 2. The monoisotopic (exact) mass is 535 g/mol. The van der Waals surface area contributed by atoms with Gasteiger partial charge in [-0.2, -0.15) is 4.98 Å². The van der Waals surface area contributed by atoms with Crippen molar-refractivity contribution in [2.45, 2.75) is 13.0 Å². The molecule has 3 aromatic carbocycles. The SMILES string of the molecule is CC1=C(C(=O)Nc2cccc(Br)c2)C(c2ccccc2Cl)N=C(Nc2nc3ccccc3o2)N1. The Kier molecular flexibility index (Phi) is 6.08. The van der Waals surface area contributed by atoms with E-state index >= 15 is 0 Å². The molecule has 7 nitrogen and oxygen atoms in total. The Hall–Kier alpha value is -3.62. The van der Waals surface area contributed by atoms with E-state index in [1.165, 1.54) is 0 Å². The number of nitrogens with zero attached hydrogens (tertiary/aromatic N) is 2. The van der Waals surface area contributed by atoms with E-state index in [9.17, 15) is 4.79 Å². The van der Waals surface area contributed by atoms with Crippen LogP contribution in [0.1, 0.15) is 18.5 Å². The van der Waals surface area contributed by atoms with Crippen LogP contribution in [-0.2, 0) is 4.79 Å². The minimum atomic E-state index is -0.644. The van der Waals surface area contributed by atoms with Gasteiger partial charge in [0.25, 0.3) is 5.91 Å². The van der Waals surface area contributed by atoms with Crippen molar-refractivity contribution in [2.24, 2.45) is 4.99 Å². The van der Waals surface area contributed by atoms with Gasteiger partial charge in [-0.1, -0.05) is 63.9 Å². The Labute approximate surface area is 209 Å². The molecule has 0 aliphatic carbocycles. The second-order valence-electron chi connectivity index (χ2n) is 7.64. The standard InChI is InChI=1S/C25H19BrClN5O2/c1-14-21(23(33)29-16-8-6-7-15(26)13-16)22(17-9-2-3-10-18(17)27)31-24(28-14)32-25-30-19-11-4-5-12-20(19)34-25/h2-13,22H,1H3,(H,29,33)(H2,28,30,31,32). The average Bonchev–Trinajstić information content (AvgIpc) is 3.21. The first-order valence-corrected chi connectivity index (χ1v) is 11.6. The summed E-state index contributed by atoms with van der Waals surface area (Å²) in [6.07, 6.45) is 0. The summed E-state index contributed by atoms with van der Waals surface area (Å²) in [5.74, 6) is 0.116. The van der Waals surface area contributed by atoms with Crippen LogP contribution in [0, 0.1) is 0 Å².